The molecule has 7 heteroatoms. The molecule has 1 saturated carbocycles. The van der Waals surface area contributed by atoms with Gasteiger partial charge in [0.1, 0.15) is 0 Å². The van der Waals surface area contributed by atoms with E-state index in [-0.39, 0.29) is 24.0 Å². The van der Waals surface area contributed by atoms with E-state index in [0.717, 1.165) is 12.8 Å². The third-order valence-electron chi connectivity index (χ3n) is 3.51. The first-order valence-electron chi connectivity index (χ1n) is 6.22. The maximum atomic E-state index is 12.1. The van der Waals surface area contributed by atoms with Crippen molar-refractivity contribution in [1.82, 2.24) is 9.88 Å². The van der Waals surface area contributed by atoms with E-state index in [1.54, 1.807) is 7.05 Å². The molecule has 0 unspecified atom stereocenters. The molecular formula is C12H17N3O4. The Hall–Kier alpha value is -1.89. The highest BCUT2D eigenvalue weighted by Crippen LogP contribution is 2.30. The van der Waals surface area contributed by atoms with Crippen LogP contribution in [-0.4, -0.2) is 45.0 Å². The van der Waals surface area contributed by atoms with Gasteiger partial charge in [-0.25, -0.2) is 4.98 Å². The summed E-state index contributed by atoms with van der Waals surface area (Å²) >= 11 is 0. The fraction of sp³-hybridized carbons (Fsp3) is 0.583. The molecule has 1 amide bonds. The van der Waals surface area contributed by atoms with Crippen LogP contribution in [0.3, 0.4) is 0 Å². The summed E-state index contributed by atoms with van der Waals surface area (Å²) in [5.41, 5.74) is -0.654. The van der Waals surface area contributed by atoms with Gasteiger partial charge in [-0.1, -0.05) is 12.8 Å². The number of carbonyl (C=O) groups is 1. The van der Waals surface area contributed by atoms with Gasteiger partial charge in [0.25, 0.3) is 5.91 Å². The Bertz CT molecular complexity index is 491. The molecule has 0 atom stereocenters. The lowest BCUT2D eigenvalue weighted by Gasteiger charge is -2.27. The Kier molecular flexibility index (Phi) is 3.57. The fourth-order valence-corrected chi connectivity index (χ4v) is 2.52. The van der Waals surface area contributed by atoms with Crippen LogP contribution in [0.5, 0.6) is 0 Å². The van der Waals surface area contributed by atoms with Crippen molar-refractivity contribution >= 4 is 11.7 Å². The van der Waals surface area contributed by atoms with Crippen LogP contribution in [0.2, 0.25) is 0 Å². The van der Waals surface area contributed by atoms with Gasteiger partial charge >= 0.3 is 5.82 Å². The number of H-pyrrole nitrogens is 1. The van der Waals surface area contributed by atoms with E-state index < -0.39 is 10.5 Å². The second-order valence-corrected chi connectivity index (χ2v) is 5.11. The summed E-state index contributed by atoms with van der Waals surface area (Å²) < 4.78 is 0. The first-order chi connectivity index (χ1) is 8.91. The number of aromatic nitrogens is 1. The van der Waals surface area contributed by atoms with Gasteiger partial charge in [-0.15, -0.1) is 0 Å². The predicted octanol–water partition coefficient (Wildman–Crippen LogP) is 1.30. The largest absolute Gasteiger partial charge is 0.388 e. The van der Waals surface area contributed by atoms with Crippen molar-refractivity contribution in [2.24, 2.45) is 0 Å². The number of nitrogens with zero attached hydrogens (tertiary/aromatic N) is 2. The van der Waals surface area contributed by atoms with Gasteiger partial charge in [0, 0.05) is 19.7 Å². The highest BCUT2D eigenvalue weighted by Gasteiger charge is 2.34. The monoisotopic (exact) mass is 267 g/mol. The van der Waals surface area contributed by atoms with Gasteiger partial charge < -0.3 is 20.1 Å². The van der Waals surface area contributed by atoms with Crippen LogP contribution in [0.15, 0.2) is 12.1 Å². The molecule has 0 spiro atoms. The minimum Gasteiger partial charge on any atom is -0.388 e. The lowest BCUT2D eigenvalue weighted by Crippen LogP contribution is -2.42. The molecule has 1 aliphatic carbocycles. The van der Waals surface area contributed by atoms with Gasteiger partial charge in [-0.3, -0.25) is 4.79 Å². The maximum Gasteiger partial charge on any atom is 0.321 e. The summed E-state index contributed by atoms with van der Waals surface area (Å²) in [6, 6.07) is 2.64. The van der Waals surface area contributed by atoms with Crippen LogP contribution in [-0.2, 0) is 0 Å². The number of aliphatic hydroxyl groups is 1. The molecule has 0 aromatic carbocycles. The maximum absolute atomic E-state index is 12.1. The van der Waals surface area contributed by atoms with Gasteiger partial charge in [0.15, 0.2) is 5.69 Å². The molecule has 0 aliphatic heterocycles. The average Bonchev–Trinajstić information content (AvgIpc) is 2.97. The SMILES string of the molecule is CN(CC1(O)CCCC1)C(=O)c1ccc([N+](=O)[O-])[nH]1. The van der Waals surface area contributed by atoms with Crippen molar-refractivity contribution in [1.29, 1.82) is 0 Å². The van der Waals surface area contributed by atoms with Crippen molar-refractivity contribution < 1.29 is 14.8 Å². The van der Waals surface area contributed by atoms with Crippen molar-refractivity contribution in [3.63, 3.8) is 0 Å². The number of nitro groups is 1. The molecule has 2 N–H and O–H groups in total. The topological polar surface area (TPSA) is 99.5 Å². The molecule has 1 aromatic heterocycles. The second kappa shape index (κ2) is 5.00. The van der Waals surface area contributed by atoms with Crippen LogP contribution >= 0.6 is 0 Å². The first-order valence-corrected chi connectivity index (χ1v) is 6.22. The molecule has 1 aliphatic rings. The average molecular weight is 267 g/mol. The van der Waals surface area contributed by atoms with Gasteiger partial charge in [0.2, 0.25) is 0 Å². The number of hydrogen-bond acceptors (Lipinski definition) is 4. The van der Waals surface area contributed by atoms with Crippen LogP contribution in [0.1, 0.15) is 36.2 Å². The Morgan fingerprint density at radius 2 is 2.16 bits per heavy atom. The number of hydrogen-bond donors (Lipinski definition) is 2. The molecule has 0 saturated heterocycles. The quantitative estimate of drug-likeness (QED) is 0.634. The van der Waals surface area contributed by atoms with E-state index in [9.17, 15) is 20.0 Å². The summed E-state index contributed by atoms with van der Waals surface area (Å²) in [5.74, 6) is -0.565. The van der Waals surface area contributed by atoms with E-state index in [1.807, 2.05) is 0 Å². The number of rotatable bonds is 4. The van der Waals surface area contributed by atoms with Gasteiger partial charge in [-0.2, -0.15) is 0 Å². The third-order valence-corrected chi connectivity index (χ3v) is 3.51. The molecule has 0 radical (unpaired) electrons. The summed E-state index contributed by atoms with van der Waals surface area (Å²) in [5, 5.41) is 20.8. The van der Waals surface area contributed by atoms with Crippen LogP contribution in [0.4, 0.5) is 5.82 Å². The number of likely N-dealkylation sites (N-methyl/N-ethyl adjacent to an activating group) is 1. The van der Waals surface area contributed by atoms with E-state index in [1.165, 1.54) is 17.0 Å². The summed E-state index contributed by atoms with van der Waals surface area (Å²) in [4.78, 5) is 25.9. The number of aromatic amines is 1. The summed E-state index contributed by atoms with van der Waals surface area (Å²) in [6.07, 6.45) is 3.31. The first kappa shape index (κ1) is 13.5. The molecule has 1 heterocycles. The number of nitrogens with one attached hydrogen (secondary N) is 1. The van der Waals surface area contributed by atoms with Crippen molar-refractivity contribution in [3.8, 4) is 0 Å². The Labute approximate surface area is 110 Å². The number of amides is 1. The van der Waals surface area contributed by atoms with E-state index >= 15 is 0 Å². The van der Waals surface area contributed by atoms with E-state index in [4.69, 9.17) is 0 Å². The molecule has 104 valence electrons. The zero-order chi connectivity index (χ0) is 14.0. The van der Waals surface area contributed by atoms with Crippen molar-refractivity contribution in [2.45, 2.75) is 31.3 Å². The van der Waals surface area contributed by atoms with Crippen LogP contribution < -0.4 is 0 Å². The number of carbonyl (C=O) groups excluding carboxylic acids is 1. The lowest BCUT2D eigenvalue weighted by molar-refractivity contribution is -0.389. The predicted molar refractivity (Wildman–Crippen MR) is 67.8 cm³/mol. The minimum atomic E-state index is -0.817. The lowest BCUT2D eigenvalue weighted by atomic mass is 10.0. The molecule has 1 fully saturated rings. The Balaban J connectivity index is 2.03. The fourth-order valence-electron chi connectivity index (χ4n) is 2.52. The smallest absolute Gasteiger partial charge is 0.321 e. The second-order valence-electron chi connectivity index (χ2n) is 5.11. The molecular weight excluding hydrogens is 250 g/mol. The van der Waals surface area contributed by atoms with Gasteiger partial charge in [0.05, 0.1) is 5.60 Å². The zero-order valence-corrected chi connectivity index (χ0v) is 10.8. The molecule has 7 nitrogen and oxygen atoms in total. The van der Waals surface area contributed by atoms with Crippen LogP contribution in [0.25, 0.3) is 0 Å². The minimum absolute atomic E-state index is 0.163. The molecule has 1 aromatic rings. The van der Waals surface area contributed by atoms with Crippen molar-refractivity contribution in [3.05, 3.63) is 27.9 Å². The van der Waals surface area contributed by atoms with Gasteiger partial charge in [-0.05, 0) is 23.8 Å². The summed E-state index contributed by atoms with van der Waals surface area (Å²) in [6.45, 7) is 0.249. The molecule has 2 rings (SSSR count). The molecule has 0 bridgehead atoms. The summed E-state index contributed by atoms with van der Waals surface area (Å²) in [7, 11) is 1.59. The Morgan fingerprint density at radius 1 is 1.53 bits per heavy atom. The zero-order valence-electron chi connectivity index (χ0n) is 10.8. The third kappa shape index (κ3) is 2.93. The standard InChI is InChI=1S/C12H17N3O4/c1-14(8-12(17)6-2-3-7-12)11(16)9-4-5-10(13-9)15(18)19/h4-5,13,17H,2-3,6-8H2,1H3. The van der Waals surface area contributed by atoms with Crippen LogP contribution in [0, 0.1) is 10.1 Å². The van der Waals surface area contributed by atoms with E-state index in [2.05, 4.69) is 4.98 Å². The highest BCUT2D eigenvalue weighted by molar-refractivity contribution is 5.92. The Morgan fingerprint density at radius 3 is 2.68 bits per heavy atom. The normalized spacial score (nSPS) is 17.4. The van der Waals surface area contributed by atoms with Crippen molar-refractivity contribution in [2.75, 3.05) is 13.6 Å². The van der Waals surface area contributed by atoms with E-state index in [0.29, 0.717) is 12.8 Å². The molecule has 19 heavy (non-hydrogen) atoms. The highest BCUT2D eigenvalue weighted by atomic mass is 16.6.